The predicted molar refractivity (Wildman–Crippen MR) is 108 cm³/mol. The number of rotatable bonds is 9. The van der Waals surface area contributed by atoms with Gasteiger partial charge in [0.2, 0.25) is 0 Å². The second-order valence-electron chi connectivity index (χ2n) is 6.42. The summed E-state index contributed by atoms with van der Waals surface area (Å²) < 4.78 is 22.6. The first kappa shape index (κ1) is 20.0. The molecular weight excluding hydrogens is 358 g/mol. The summed E-state index contributed by atoms with van der Waals surface area (Å²) in [5.74, 6) is 1.56. The first-order valence-corrected chi connectivity index (χ1v) is 9.75. The molecule has 2 aromatic carbocycles. The summed E-state index contributed by atoms with van der Waals surface area (Å²) in [4.78, 5) is 12.8. The van der Waals surface area contributed by atoms with Gasteiger partial charge in [-0.25, -0.2) is 0 Å². The maximum Gasteiger partial charge on any atom is 0.259 e. The molecule has 2 aromatic rings. The summed E-state index contributed by atoms with van der Waals surface area (Å²) in [6.45, 7) is 6.10. The van der Waals surface area contributed by atoms with E-state index in [1.807, 2.05) is 26.0 Å². The molecule has 1 unspecified atom stereocenters. The summed E-state index contributed by atoms with van der Waals surface area (Å²) in [6, 6.07) is 12.6. The van der Waals surface area contributed by atoms with Gasteiger partial charge in [0.15, 0.2) is 11.5 Å². The lowest BCUT2D eigenvalue weighted by atomic mass is 10.1. The Balaban J connectivity index is 1.71. The number of amides is 1. The molecule has 1 aliphatic heterocycles. The zero-order chi connectivity index (χ0) is 19.8. The lowest BCUT2D eigenvalue weighted by Gasteiger charge is -2.15. The maximum absolute atomic E-state index is 12.8. The minimum absolute atomic E-state index is 0.0935. The van der Waals surface area contributed by atoms with E-state index in [1.165, 1.54) is 0 Å². The Labute approximate surface area is 165 Å². The van der Waals surface area contributed by atoms with Crippen LogP contribution >= 0.6 is 0 Å². The van der Waals surface area contributed by atoms with Crippen molar-refractivity contribution < 1.29 is 23.7 Å². The van der Waals surface area contributed by atoms with E-state index in [4.69, 9.17) is 18.9 Å². The molecule has 0 radical (unpaired) electrons. The molecule has 6 heteroatoms. The third-order valence-corrected chi connectivity index (χ3v) is 4.38. The van der Waals surface area contributed by atoms with E-state index < -0.39 is 0 Å². The maximum atomic E-state index is 12.8. The number of benzene rings is 2. The van der Waals surface area contributed by atoms with Crippen LogP contribution in [0, 0.1) is 0 Å². The van der Waals surface area contributed by atoms with Gasteiger partial charge in [0.05, 0.1) is 24.9 Å². The molecule has 1 aliphatic rings. The second kappa shape index (κ2) is 9.99. The van der Waals surface area contributed by atoms with Gasteiger partial charge >= 0.3 is 0 Å². The van der Waals surface area contributed by atoms with Gasteiger partial charge in [-0.2, -0.15) is 0 Å². The zero-order valence-corrected chi connectivity index (χ0v) is 16.4. The summed E-state index contributed by atoms with van der Waals surface area (Å²) in [5.41, 5.74) is 1.11. The first-order chi connectivity index (χ1) is 13.7. The van der Waals surface area contributed by atoms with Gasteiger partial charge in [-0.05, 0) is 51.0 Å². The lowest BCUT2D eigenvalue weighted by Crippen LogP contribution is -2.19. The van der Waals surface area contributed by atoms with Gasteiger partial charge in [-0.15, -0.1) is 0 Å². The molecule has 1 fully saturated rings. The molecule has 1 amide bonds. The lowest BCUT2D eigenvalue weighted by molar-refractivity contribution is 0.0673. The molecule has 0 aromatic heterocycles. The standard InChI is InChI=1S/C22H27NO5/c1-3-25-20-12-11-16(14-21(20)26-4-2)23-22(24)18-9-5-6-10-19(18)28-15-17-8-7-13-27-17/h5-6,9-12,14,17H,3-4,7-8,13,15H2,1-2H3,(H,23,24). The third kappa shape index (κ3) is 5.16. The largest absolute Gasteiger partial charge is 0.490 e. The minimum Gasteiger partial charge on any atom is -0.490 e. The van der Waals surface area contributed by atoms with E-state index >= 15 is 0 Å². The molecule has 1 N–H and O–H groups in total. The molecule has 0 saturated carbocycles. The van der Waals surface area contributed by atoms with Crippen LogP contribution in [0.3, 0.4) is 0 Å². The fourth-order valence-electron chi connectivity index (χ4n) is 3.07. The minimum atomic E-state index is -0.241. The van der Waals surface area contributed by atoms with Crippen molar-refractivity contribution in [3.63, 3.8) is 0 Å². The number of nitrogens with one attached hydrogen (secondary N) is 1. The summed E-state index contributed by atoms with van der Waals surface area (Å²) in [6.07, 6.45) is 2.13. The van der Waals surface area contributed by atoms with Crippen LogP contribution in [-0.4, -0.2) is 38.4 Å². The van der Waals surface area contributed by atoms with Gasteiger partial charge < -0.3 is 24.3 Å². The zero-order valence-electron chi connectivity index (χ0n) is 16.4. The summed E-state index contributed by atoms with van der Waals surface area (Å²) in [5, 5.41) is 2.91. The highest BCUT2D eigenvalue weighted by Crippen LogP contribution is 2.31. The van der Waals surface area contributed by atoms with E-state index in [0.717, 1.165) is 19.4 Å². The number of hydrogen-bond donors (Lipinski definition) is 1. The predicted octanol–water partition coefficient (Wildman–Crippen LogP) is 4.29. The summed E-state index contributed by atoms with van der Waals surface area (Å²) in [7, 11) is 0. The van der Waals surface area contributed by atoms with Gasteiger partial charge in [-0.1, -0.05) is 12.1 Å². The van der Waals surface area contributed by atoms with E-state index in [-0.39, 0.29) is 12.0 Å². The van der Waals surface area contributed by atoms with E-state index in [0.29, 0.717) is 48.3 Å². The van der Waals surface area contributed by atoms with E-state index in [9.17, 15) is 4.79 Å². The van der Waals surface area contributed by atoms with Crippen LogP contribution in [0.25, 0.3) is 0 Å². The SMILES string of the molecule is CCOc1ccc(NC(=O)c2ccccc2OCC2CCCO2)cc1OCC. The van der Waals surface area contributed by atoms with Crippen molar-refractivity contribution in [1.82, 2.24) is 0 Å². The van der Waals surface area contributed by atoms with Crippen molar-refractivity contribution in [3.8, 4) is 17.2 Å². The van der Waals surface area contributed by atoms with Gasteiger partial charge in [0.25, 0.3) is 5.91 Å². The molecule has 6 nitrogen and oxygen atoms in total. The Hall–Kier alpha value is -2.73. The van der Waals surface area contributed by atoms with Crippen molar-refractivity contribution in [2.24, 2.45) is 0 Å². The normalized spacial score (nSPS) is 15.9. The van der Waals surface area contributed by atoms with E-state index in [1.54, 1.807) is 30.3 Å². The Morgan fingerprint density at radius 2 is 1.82 bits per heavy atom. The fourth-order valence-corrected chi connectivity index (χ4v) is 3.07. The molecule has 1 atom stereocenters. The number of anilines is 1. The third-order valence-electron chi connectivity index (χ3n) is 4.38. The molecule has 1 saturated heterocycles. The molecule has 28 heavy (non-hydrogen) atoms. The van der Waals surface area contributed by atoms with Crippen LogP contribution in [0.4, 0.5) is 5.69 Å². The van der Waals surface area contributed by atoms with Crippen LogP contribution in [0.5, 0.6) is 17.2 Å². The number of ether oxygens (including phenoxy) is 4. The Morgan fingerprint density at radius 3 is 2.57 bits per heavy atom. The topological polar surface area (TPSA) is 66.0 Å². The Kier molecular flexibility index (Phi) is 7.14. The smallest absolute Gasteiger partial charge is 0.259 e. The first-order valence-electron chi connectivity index (χ1n) is 9.75. The van der Waals surface area contributed by atoms with E-state index in [2.05, 4.69) is 5.32 Å². The number of para-hydroxylation sites is 1. The summed E-state index contributed by atoms with van der Waals surface area (Å²) >= 11 is 0. The monoisotopic (exact) mass is 385 g/mol. The quantitative estimate of drug-likeness (QED) is 0.697. The van der Waals surface area contributed by atoms with Crippen LogP contribution in [-0.2, 0) is 4.74 Å². The average molecular weight is 385 g/mol. The van der Waals surface area contributed by atoms with Gasteiger partial charge in [0, 0.05) is 18.4 Å². The number of carbonyl (C=O) groups is 1. The Bertz CT molecular complexity index is 786. The van der Waals surface area contributed by atoms with Crippen molar-refractivity contribution in [2.45, 2.75) is 32.8 Å². The molecule has 150 valence electrons. The van der Waals surface area contributed by atoms with Crippen molar-refractivity contribution >= 4 is 11.6 Å². The highest BCUT2D eigenvalue weighted by molar-refractivity contribution is 6.06. The molecule has 0 aliphatic carbocycles. The molecule has 0 spiro atoms. The Morgan fingerprint density at radius 1 is 1.04 bits per heavy atom. The second-order valence-corrected chi connectivity index (χ2v) is 6.42. The highest BCUT2D eigenvalue weighted by Gasteiger charge is 2.18. The molecular formula is C22H27NO5. The highest BCUT2D eigenvalue weighted by atomic mass is 16.5. The molecule has 0 bridgehead atoms. The van der Waals surface area contributed by atoms with Crippen LogP contribution < -0.4 is 19.5 Å². The molecule has 1 heterocycles. The van der Waals surface area contributed by atoms with Crippen LogP contribution in [0.2, 0.25) is 0 Å². The fraction of sp³-hybridized carbons (Fsp3) is 0.409. The van der Waals surface area contributed by atoms with Crippen molar-refractivity contribution in [2.75, 3.05) is 31.7 Å². The van der Waals surface area contributed by atoms with Gasteiger partial charge in [-0.3, -0.25) is 4.79 Å². The number of carbonyl (C=O) groups excluding carboxylic acids is 1. The van der Waals surface area contributed by atoms with Crippen LogP contribution in [0.1, 0.15) is 37.0 Å². The molecule has 3 rings (SSSR count). The van der Waals surface area contributed by atoms with Crippen molar-refractivity contribution in [1.29, 1.82) is 0 Å². The van der Waals surface area contributed by atoms with Crippen LogP contribution in [0.15, 0.2) is 42.5 Å². The van der Waals surface area contributed by atoms with Gasteiger partial charge in [0.1, 0.15) is 12.4 Å². The van der Waals surface area contributed by atoms with Crippen molar-refractivity contribution in [3.05, 3.63) is 48.0 Å². The average Bonchev–Trinajstić information content (AvgIpc) is 3.22. The number of hydrogen-bond acceptors (Lipinski definition) is 5.